The van der Waals surface area contributed by atoms with Gasteiger partial charge in [0, 0.05) is 26.2 Å². The van der Waals surface area contributed by atoms with Crippen molar-refractivity contribution in [2.75, 3.05) is 19.7 Å². The SMILES string of the molecule is N#Cc1cccc(CNC(=O)CC2CN(Cc3ccccc3)CCO2)c1. The molecule has 1 amide bonds. The van der Waals surface area contributed by atoms with E-state index in [4.69, 9.17) is 10.00 Å². The summed E-state index contributed by atoms with van der Waals surface area (Å²) >= 11 is 0. The van der Waals surface area contributed by atoms with Gasteiger partial charge in [0.2, 0.25) is 5.91 Å². The standard InChI is InChI=1S/C21H23N3O2/c22-13-18-7-4-8-19(11-18)14-23-21(25)12-20-16-24(9-10-26-20)15-17-5-2-1-3-6-17/h1-8,11,20H,9-10,12,14-16H2,(H,23,25). The first-order valence-corrected chi connectivity index (χ1v) is 8.86. The smallest absolute Gasteiger partial charge is 0.222 e. The molecule has 0 spiro atoms. The molecule has 1 heterocycles. The van der Waals surface area contributed by atoms with Gasteiger partial charge in [0.1, 0.15) is 0 Å². The first-order valence-electron chi connectivity index (χ1n) is 8.86. The summed E-state index contributed by atoms with van der Waals surface area (Å²) in [6, 6.07) is 19.7. The fourth-order valence-electron chi connectivity index (χ4n) is 3.12. The van der Waals surface area contributed by atoms with Crippen molar-refractivity contribution in [1.29, 1.82) is 5.26 Å². The summed E-state index contributed by atoms with van der Waals surface area (Å²) in [5, 5.41) is 11.8. The topological polar surface area (TPSA) is 65.4 Å². The molecule has 1 N–H and O–H groups in total. The van der Waals surface area contributed by atoms with Crippen molar-refractivity contribution >= 4 is 5.91 Å². The fourth-order valence-corrected chi connectivity index (χ4v) is 3.12. The number of nitriles is 1. The molecule has 5 heteroatoms. The molecule has 26 heavy (non-hydrogen) atoms. The lowest BCUT2D eigenvalue weighted by Crippen LogP contribution is -2.44. The van der Waals surface area contributed by atoms with Gasteiger partial charge in [0.25, 0.3) is 0 Å². The third-order valence-corrected chi connectivity index (χ3v) is 4.43. The van der Waals surface area contributed by atoms with E-state index in [1.807, 2.05) is 30.3 Å². The average Bonchev–Trinajstić information content (AvgIpc) is 2.68. The minimum Gasteiger partial charge on any atom is -0.375 e. The van der Waals surface area contributed by atoms with Crippen LogP contribution in [0, 0.1) is 11.3 Å². The summed E-state index contributed by atoms with van der Waals surface area (Å²) in [6.07, 6.45) is 0.265. The number of hydrogen-bond donors (Lipinski definition) is 1. The van der Waals surface area contributed by atoms with Crippen molar-refractivity contribution in [2.24, 2.45) is 0 Å². The molecule has 0 saturated carbocycles. The van der Waals surface area contributed by atoms with Crippen LogP contribution in [0.4, 0.5) is 0 Å². The minimum atomic E-state index is -0.0853. The van der Waals surface area contributed by atoms with Gasteiger partial charge in [-0.1, -0.05) is 42.5 Å². The van der Waals surface area contributed by atoms with E-state index in [9.17, 15) is 4.79 Å². The molecular weight excluding hydrogens is 326 g/mol. The number of morpholine rings is 1. The van der Waals surface area contributed by atoms with E-state index in [1.54, 1.807) is 12.1 Å². The molecule has 0 aliphatic carbocycles. The zero-order chi connectivity index (χ0) is 18.2. The normalized spacial score (nSPS) is 17.4. The molecule has 0 aromatic heterocycles. The molecule has 1 atom stereocenters. The first kappa shape index (κ1) is 18.1. The van der Waals surface area contributed by atoms with Gasteiger partial charge in [-0.25, -0.2) is 0 Å². The zero-order valence-corrected chi connectivity index (χ0v) is 14.7. The van der Waals surface area contributed by atoms with Gasteiger partial charge >= 0.3 is 0 Å². The van der Waals surface area contributed by atoms with Crippen LogP contribution in [-0.4, -0.2) is 36.6 Å². The van der Waals surface area contributed by atoms with Crippen molar-refractivity contribution in [1.82, 2.24) is 10.2 Å². The highest BCUT2D eigenvalue weighted by Gasteiger charge is 2.22. The molecule has 134 valence electrons. The maximum absolute atomic E-state index is 12.2. The van der Waals surface area contributed by atoms with E-state index in [2.05, 4.69) is 28.4 Å². The number of benzene rings is 2. The monoisotopic (exact) mass is 349 g/mol. The number of ether oxygens (including phenoxy) is 1. The summed E-state index contributed by atoms with van der Waals surface area (Å²) in [5.74, 6) is -0.0288. The van der Waals surface area contributed by atoms with Crippen LogP contribution in [0.1, 0.15) is 23.1 Å². The Morgan fingerprint density at radius 2 is 2.00 bits per heavy atom. The van der Waals surface area contributed by atoms with Gasteiger partial charge in [0.15, 0.2) is 0 Å². The van der Waals surface area contributed by atoms with Gasteiger partial charge in [-0.05, 0) is 23.3 Å². The van der Waals surface area contributed by atoms with E-state index in [1.165, 1.54) is 5.56 Å². The Bertz CT molecular complexity index is 770. The van der Waals surface area contributed by atoms with Crippen LogP contribution < -0.4 is 5.32 Å². The summed E-state index contributed by atoms with van der Waals surface area (Å²) in [4.78, 5) is 14.6. The van der Waals surface area contributed by atoms with Crippen LogP contribution in [-0.2, 0) is 22.6 Å². The zero-order valence-electron chi connectivity index (χ0n) is 14.7. The number of hydrogen-bond acceptors (Lipinski definition) is 4. The van der Waals surface area contributed by atoms with Gasteiger partial charge < -0.3 is 10.1 Å². The maximum Gasteiger partial charge on any atom is 0.222 e. The second-order valence-corrected chi connectivity index (χ2v) is 6.51. The molecule has 3 rings (SSSR count). The predicted octanol–water partition coefficient (Wildman–Crippen LogP) is 2.47. The van der Waals surface area contributed by atoms with Crippen molar-refractivity contribution < 1.29 is 9.53 Å². The Kier molecular flexibility index (Phi) is 6.37. The highest BCUT2D eigenvalue weighted by molar-refractivity contribution is 5.76. The summed E-state index contributed by atoms with van der Waals surface area (Å²) in [7, 11) is 0. The molecule has 2 aromatic rings. The van der Waals surface area contributed by atoms with Crippen LogP contribution in [0.15, 0.2) is 54.6 Å². The number of carbonyl (C=O) groups is 1. The van der Waals surface area contributed by atoms with Gasteiger partial charge in [-0.3, -0.25) is 9.69 Å². The summed E-state index contributed by atoms with van der Waals surface area (Å²) in [5.41, 5.74) is 2.80. The van der Waals surface area contributed by atoms with Gasteiger partial charge in [-0.15, -0.1) is 0 Å². The minimum absolute atomic E-state index is 0.0288. The first-order chi connectivity index (χ1) is 12.7. The number of carbonyl (C=O) groups excluding carboxylic acids is 1. The Hall–Kier alpha value is -2.68. The largest absolute Gasteiger partial charge is 0.375 e. The molecule has 0 radical (unpaired) electrons. The second-order valence-electron chi connectivity index (χ2n) is 6.51. The molecule has 1 fully saturated rings. The Morgan fingerprint density at radius 1 is 1.19 bits per heavy atom. The van der Waals surface area contributed by atoms with Crippen molar-refractivity contribution in [3.05, 3.63) is 71.3 Å². The number of amides is 1. The summed E-state index contributed by atoms with van der Waals surface area (Å²) < 4.78 is 5.76. The molecule has 1 unspecified atom stereocenters. The number of nitrogens with one attached hydrogen (secondary N) is 1. The predicted molar refractivity (Wildman–Crippen MR) is 99.1 cm³/mol. The Balaban J connectivity index is 1.45. The van der Waals surface area contributed by atoms with Crippen molar-refractivity contribution in [2.45, 2.75) is 25.6 Å². The number of nitrogens with zero attached hydrogens (tertiary/aromatic N) is 2. The van der Waals surface area contributed by atoms with E-state index < -0.39 is 0 Å². The van der Waals surface area contributed by atoms with Gasteiger partial charge in [0.05, 0.1) is 30.8 Å². The third-order valence-electron chi connectivity index (χ3n) is 4.43. The van der Waals surface area contributed by atoms with Crippen LogP contribution in [0.3, 0.4) is 0 Å². The quantitative estimate of drug-likeness (QED) is 0.870. The summed E-state index contributed by atoms with van der Waals surface area (Å²) in [6.45, 7) is 3.59. The molecule has 2 aromatic carbocycles. The lowest BCUT2D eigenvalue weighted by molar-refractivity contribution is -0.126. The fraction of sp³-hybridized carbons (Fsp3) is 0.333. The van der Waals surface area contributed by atoms with E-state index >= 15 is 0 Å². The van der Waals surface area contributed by atoms with Gasteiger partial charge in [-0.2, -0.15) is 5.26 Å². The second kappa shape index (κ2) is 9.14. The lowest BCUT2D eigenvalue weighted by Gasteiger charge is -2.32. The van der Waals surface area contributed by atoms with Crippen molar-refractivity contribution in [3.8, 4) is 6.07 Å². The van der Waals surface area contributed by atoms with Crippen LogP contribution in [0.2, 0.25) is 0 Å². The maximum atomic E-state index is 12.2. The Labute approximate surface area is 154 Å². The van der Waals surface area contributed by atoms with E-state index in [0.29, 0.717) is 25.1 Å². The molecule has 1 saturated heterocycles. The number of rotatable bonds is 6. The lowest BCUT2D eigenvalue weighted by atomic mass is 10.1. The highest BCUT2D eigenvalue weighted by atomic mass is 16.5. The average molecular weight is 349 g/mol. The van der Waals surface area contributed by atoms with E-state index in [0.717, 1.165) is 25.2 Å². The molecule has 1 aliphatic rings. The molecule has 0 bridgehead atoms. The molecule has 1 aliphatic heterocycles. The van der Waals surface area contributed by atoms with E-state index in [-0.39, 0.29) is 12.0 Å². The van der Waals surface area contributed by atoms with Crippen molar-refractivity contribution in [3.63, 3.8) is 0 Å². The molecular formula is C21H23N3O2. The highest BCUT2D eigenvalue weighted by Crippen LogP contribution is 2.13. The van der Waals surface area contributed by atoms with Crippen LogP contribution in [0.25, 0.3) is 0 Å². The molecule has 5 nitrogen and oxygen atoms in total. The van der Waals surface area contributed by atoms with Crippen LogP contribution in [0.5, 0.6) is 0 Å². The Morgan fingerprint density at radius 3 is 2.81 bits per heavy atom. The third kappa shape index (κ3) is 5.41. The van der Waals surface area contributed by atoms with Crippen LogP contribution >= 0.6 is 0 Å².